The molecule has 0 aliphatic carbocycles. The molecule has 14 heavy (non-hydrogen) atoms. The van der Waals surface area contributed by atoms with Crippen LogP contribution in [-0.2, 0) is 7.05 Å². The van der Waals surface area contributed by atoms with Crippen LogP contribution in [0.5, 0.6) is 0 Å². The van der Waals surface area contributed by atoms with E-state index in [2.05, 4.69) is 10.1 Å². The summed E-state index contributed by atoms with van der Waals surface area (Å²) in [5.41, 5.74) is 0.779. The molecule has 2 rings (SSSR count). The van der Waals surface area contributed by atoms with Crippen molar-refractivity contribution in [1.29, 1.82) is 0 Å². The third-order valence-electron chi connectivity index (χ3n) is 1.91. The van der Waals surface area contributed by atoms with Gasteiger partial charge in [-0.3, -0.25) is 4.68 Å². The molecule has 0 amide bonds. The smallest absolute Gasteiger partial charge is 0.134 e. The average Bonchev–Trinajstić information content (AvgIpc) is 2.73. The zero-order valence-electron chi connectivity index (χ0n) is 8.01. The Hall–Kier alpha value is -1.20. The van der Waals surface area contributed by atoms with Gasteiger partial charge in [-0.15, -0.1) is 11.3 Å². The van der Waals surface area contributed by atoms with Crippen LogP contribution in [0.3, 0.4) is 0 Å². The van der Waals surface area contributed by atoms with Gasteiger partial charge in [-0.1, -0.05) is 0 Å². The zero-order chi connectivity index (χ0) is 10.1. The van der Waals surface area contributed by atoms with Crippen LogP contribution in [0.25, 0.3) is 0 Å². The van der Waals surface area contributed by atoms with Crippen molar-refractivity contribution >= 4 is 11.3 Å². The third kappa shape index (κ3) is 1.69. The molecule has 2 aromatic heterocycles. The lowest BCUT2D eigenvalue weighted by Crippen LogP contribution is -1.96. The van der Waals surface area contributed by atoms with Crippen LogP contribution in [0.1, 0.15) is 21.6 Å². The van der Waals surface area contributed by atoms with Crippen LogP contribution in [0.15, 0.2) is 18.6 Å². The predicted octanol–water partition coefficient (Wildman–Crippen LogP) is 1.27. The van der Waals surface area contributed by atoms with Gasteiger partial charge in [-0.05, 0) is 6.92 Å². The highest BCUT2D eigenvalue weighted by Crippen LogP contribution is 2.24. The van der Waals surface area contributed by atoms with Gasteiger partial charge < -0.3 is 5.11 Å². The molecule has 2 heterocycles. The minimum atomic E-state index is -0.651. The largest absolute Gasteiger partial charge is 0.381 e. The summed E-state index contributed by atoms with van der Waals surface area (Å²) in [6.07, 6.45) is 4.56. The van der Waals surface area contributed by atoms with Crippen molar-refractivity contribution in [3.05, 3.63) is 34.0 Å². The first kappa shape index (κ1) is 9.36. The Morgan fingerprint density at radius 1 is 1.50 bits per heavy atom. The zero-order valence-corrected chi connectivity index (χ0v) is 8.82. The van der Waals surface area contributed by atoms with Gasteiger partial charge in [0.05, 0.1) is 6.20 Å². The van der Waals surface area contributed by atoms with Gasteiger partial charge in [-0.2, -0.15) is 5.10 Å². The number of hydrogen-bond acceptors (Lipinski definition) is 4. The van der Waals surface area contributed by atoms with E-state index in [4.69, 9.17) is 0 Å². The standard InChI is InChI=1S/C9H11N3OS/c1-6-3-10-9(14-6)8(13)7-4-11-12(2)5-7/h3-5,8,13H,1-2H3. The topological polar surface area (TPSA) is 50.9 Å². The van der Waals surface area contributed by atoms with E-state index in [0.29, 0.717) is 0 Å². The third-order valence-corrected chi connectivity index (χ3v) is 2.88. The molecule has 0 saturated heterocycles. The molecule has 2 aromatic rings. The lowest BCUT2D eigenvalue weighted by Gasteiger charge is -2.02. The molecule has 4 nitrogen and oxygen atoms in total. The van der Waals surface area contributed by atoms with E-state index in [-0.39, 0.29) is 0 Å². The summed E-state index contributed by atoms with van der Waals surface area (Å²) in [7, 11) is 1.82. The van der Waals surface area contributed by atoms with Crippen molar-refractivity contribution < 1.29 is 5.11 Å². The van der Waals surface area contributed by atoms with E-state index in [1.807, 2.05) is 14.0 Å². The molecule has 0 aliphatic rings. The molecule has 0 aliphatic heterocycles. The Morgan fingerprint density at radius 2 is 2.29 bits per heavy atom. The maximum Gasteiger partial charge on any atom is 0.134 e. The van der Waals surface area contributed by atoms with Crippen LogP contribution in [0, 0.1) is 6.92 Å². The van der Waals surface area contributed by atoms with Gasteiger partial charge in [-0.25, -0.2) is 4.98 Å². The van der Waals surface area contributed by atoms with Crippen molar-refractivity contribution in [2.45, 2.75) is 13.0 Å². The molecule has 0 spiro atoms. The summed E-state index contributed by atoms with van der Waals surface area (Å²) >= 11 is 1.50. The van der Waals surface area contributed by atoms with Crippen molar-refractivity contribution in [3.8, 4) is 0 Å². The highest BCUT2D eigenvalue weighted by Gasteiger charge is 2.15. The SMILES string of the molecule is Cc1cnc(C(O)c2cnn(C)c2)s1. The van der Waals surface area contributed by atoms with Gasteiger partial charge in [0.1, 0.15) is 11.1 Å². The monoisotopic (exact) mass is 209 g/mol. The summed E-state index contributed by atoms with van der Waals surface area (Å²) in [6, 6.07) is 0. The normalized spacial score (nSPS) is 13.1. The van der Waals surface area contributed by atoms with Gasteiger partial charge in [0.15, 0.2) is 0 Å². The summed E-state index contributed by atoms with van der Waals surface area (Å²) in [6.45, 7) is 1.97. The van der Waals surface area contributed by atoms with E-state index in [1.165, 1.54) is 11.3 Å². The molecule has 0 fully saturated rings. The maximum absolute atomic E-state index is 9.91. The number of thiazole rings is 1. The molecule has 1 unspecified atom stereocenters. The van der Waals surface area contributed by atoms with Crippen LogP contribution in [0.2, 0.25) is 0 Å². The Labute approximate surface area is 85.8 Å². The second-order valence-electron chi connectivity index (χ2n) is 3.16. The number of aliphatic hydroxyl groups is 1. The van der Waals surface area contributed by atoms with Crippen molar-refractivity contribution in [2.24, 2.45) is 7.05 Å². The second kappa shape index (κ2) is 3.51. The van der Waals surface area contributed by atoms with Gasteiger partial charge >= 0.3 is 0 Å². The molecule has 0 bridgehead atoms. The number of aromatic nitrogens is 3. The molecule has 0 saturated carbocycles. The summed E-state index contributed by atoms with van der Waals surface area (Å²) in [5.74, 6) is 0. The average molecular weight is 209 g/mol. The number of nitrogens with zero attached hydrogens (tertiary/aromatic N) is 3. The number of hydrogen-bond donors (Lipinski definition) is 1. The van der Waals surface area contributed by atoms with E-state index in [9.17, 15) is 5.11 Å². The van der Waals surface area contributed by atoms with Crippen molar-refractivity contribution in [3.63, 3.8) is 0 Å². The minimum absolute atomic E-state index is 0.651. The van der Waals surface area contributed by atoms with Gasteiger partial charge in [0.2, 0.25) is 0 Å². The fourth-order valence-corrected chi connectivity index (χ4v) is 2.01. The molecule has 1 N–H and O–H groups in total. The van der Waals surface area contributed by atoms with Crippen LogP contribution in [0.4, 0.5) is 0 Å². The molecule has 0 radical (unpaired) electrons. The molecular formula is C9H11N3OS. The maximum atomic E-state index is 9.91. The summed E-state index contributed by atoms with van der Waals surface area (Å²) in [5, 5.41) is 14.6. The quantitative estimate of drug-likeness (QED) is 0.810. The van der Waals surface area contributed by atoms with Crippen LogP contribution in [-0.4, -0.2) is 19.9 Å². The molecular weight excluding hydrogens is 198 g/mol. The molecule has 5 heteroatoms. The van der Waals surface area contributed by atoms with Crippen molar-refractivity contribution in [1.82, 2.24) is 14.8 Å². The Morgan fingerprint density at radius 3 is 2.79 bits per heavy atom. The van der Waals surface area contributed by atoms with E-state index in [0.717, 1.165) is 15.4 Å². The van der Waals surface area contributed by atoms with E-state index in [1.54, 1.807) is 23.3 Å². The second-order valence-corrected chi connectivity index (χ2v) is 4.43. The molecule has 0 aromatic carbocycles. The minimum Gasteiger partial charge on any atom is -0.381 e. The summed E-state index contributed by atoms with van der Waals surface area (Å²) < 4.78 is 1.67. The molecule has 74 valence electrons. The highest BCUT2D eigenvalue weighted by atomic mass is 32.1. The molecule has 1 atom stereocenters. The number of rotatable bonds is 2. The van der Waals surface area contributed by atoms with Crippen molar-refractivity contribution in [2.75, 3.05) is 0 Å². The van der Waals surface area contributed by atoms with Gasteiger partial charge in [0.25, 0.3) is 0 Å². The van der Waals surface area contributed by atoms with Gasteiger partial charge in [0, 0.05) is 29.9 Å². The van der Waals surface area contributed by atoms with Crippen LogP contribution >= 0.6 is 11.3 Å². The first-order valence-corrected chi connectivity index (χ1v) is 5.07. The number of aryl methyl sites for hydroxylation is 2. The number of aliphatic hydroxyl groups excluding tert-OH is 1. The first-order chi connectivity index (χ1) is 6.66. The fourth-order valence-electron chi connectivity index (χ4n) is 1.22. The highest BCUT2D eigenvalue weighted by molar-refractivity contribution is 7.11. The van der Waals surface area contributed by atoms with Crippen LogP contribution < -0.4 is 0 Å². The summed E-state index contributed by atoms with van der Waals surface area (Å²) in [4.78, 5) is 5.23. The Bertz CT molecular complexity index is 394. The first-order valence-electron chi connectivity index (χ1n) is 4.26. The Kier molecular flexibility index (Phi) is 2.35. The van der Waals surface area contributed by atoms with E-state index < -0.39 is 6.10 Å². The lowest BCUT2D eigenvalue weighted by molar-refractivity contribution is 0.219. The van der Waals surface area contributed by atoms with E-state index >= 15 is 0 Å². The predicted molar refractivity (Wildman–Crippen MR) is 54.1 cm³/mol. The Balaban J connectivity index is 2.28. The fraction of sp³-hybridized carbons (Fsp3) is 0.333. The lowest BCUT2D eigenvalue weighted by atomic mass is 10.2.